The van der Waals surface area contributed by atoms with Gasteiger partial charge in [-0.1, -0.05) is 12.1 Å². The Bertz CT molecular complexity index is 1180. The van der Waals surface area contributed by atoms with Gasteiger partial charge >= 0.3 is 0 Å². The second kappa shape index (κ2) is 7.24. The van der Waals surface area contributed by atoms with Crippen molar-refractivity contribution in [2.45, 2.75) is 19.4 Å². The first-order valence-electron chi connectivity index (χ1n) is 9.01. The molecule has 0 amide bonds. The molecule has 0 aliphatic carbocycles. The molecule has 0 unspecified atom stereocenters. The molecule has 7 heteroatoms. The lowest BCUT2D eigenvalue weighted by Gasteiger charge is -2.27. The molecule has 4 rings (SSSR count). The summed E-state index contributed by atoms with van der Waals surface area (Å²) >= 11 is 0. The Labute approximate surface area is 167 Å². The third-order valence-corrected chi connectivity index (χ3v) is 5.03. The fourth-order valence-corrected chi connectivity index (χ4v) is 3.57. The molecule has 0 fully saturated rings. The SMILES string of the molecule is COc1ccc([C@@H]2C(C#N)=C(N)Oc3cc(C)n(Cc4ccco4)c(=O)c32)cc1. The number of pyridine rings is 1. The molecule has 2 N–H and O–H groups in total. The van der Waals surface area contributed by atoms with E-state index in [1.807, 2.05) is 19.1 Å². The maximum atomic E-state index is 13.5. The molecule has 0 spiro atoms. The van der Waals surface area contributed by atoms with Gasteiger partial charge in [-0.25, -0.2) is 0 Å². The van der Waals surface area contributed by atoms with Crippen LogP contribution < -0.4 is 20.8 Å². The first-order valence-corrected chi connectivity index (χ1v) is 9.01. The van der Waals surface area contributed by atoms with Gasteiger partial charge in [-0.2, -0.15) is 5.26 Å². The highest BCUT2D eigenvalue weighted by atomic mass is 16.5. The maximum Gasteiger partial charge on any atom is 0.259 e. The Kier molecular flexibility index (Phi) is 4.61. The summed E-state index contributed by atoms with van der Waals surface area (Å²) in [7, 11) is 1.58. The molecule has 0 radical (unpaired) electrons. The van der Waals surface area contributed by atoms with Crippen LogP contribution in [0, 0.1) is 18.3 Å². The third kappa shape index (κ3) is 3.15. The molecule has 1 aliphatic rings. The van der Waals surface area contributed by atoms with Crippen molar-refractivity contribution in [1.29, 1.82) is 5.26 Å². The standard InChI is InChI=1S/C22H19N3O4/c1-13-10-18-20(22(26)25(13)12-16-4-3-9-28-16)19(17(11-23)21(24)29-18)14-5-7-15(27-2)8-6-14/h3-10,19H,12,24H2,1-2H3/t19-/m1/s1. The summed E-state index contributed by atoms with van der Waals surface area (Å²) in [4.78, 5) is 13.5. The Morgan fingerprint density at radius 2 is 2.03 bits per heavy atom. The highest BCUT2D eigenvalue weighted by Crippen LogP contribution is 2.40. The molecule has 0 saturated heterocycles. The highest BCUT2D eigenvalue weighted by Gasteiger charge is 2.34. The molecule has 3 aromatic rings. The molecule has 0 saturated carbocycles. The van der Waals surface area contributed by atoms with Gasteiger partial charge < -0.3 is 24.2 Å². The van der Waals surface area contributed by atoms with Crippen LogP contribution in [0.2, 0.25) is 0 Å². The van der Waals surface area contributed by atoms with E-state index in [1.165, 1.54) is 0 Å². The number of allylic oxidation sites excluding steroid dienone is 1. The molecule has 1 atom stereocenters. The first-order chi connectivity index (χ1) is 14.0. The van der Waals surface area contributed by atoms with Gasteiger partial charge in [0.2, 0.25) is 5.88 Å². The van der Waals surface area contributed by atoms with Crippen molar-refractivity contribution in [3.63, 3.8) is 0 Å². The van der Waals surface area contributed by atoms with E-state index in [1.54, 1.807) is 48.3 Å². The molecule has 29 heavy (non-hydrogen) atoms. The van der Waals surface area contributed by atoms with Gasteiger partial charge in [0, 0.05) is 11.8 Å². The van der Waals surface area contributed by atoms with Crippen LogP contribution in [0.15, 0.2) is 69.4 Å². The molecular weight excluding hydrogens is 370 g/mol. The molecule has 1 aliphatic heterocycles. The van der Waals surface area contributed by atoms with Crippen LogP contribution in [0.1, 0.15) is 28.5 Å². The maximum absolute atomic E-state index is 13.5. The van der Waals surface area contributed by atoms with E-state index in [-0.39, 0.29) is 23.6 Å². The fourth-order valence-electron chi connectivity index (χ4n) is 3.57. The van der Waals surface area contributed by atoms with Crippen LogP contribution in [0.25, 0.3) is 0 Å². The lowest BCUT2D eigenvalue weighted by Crippen LogP contribution is -2.33. The van der Waals surface area contributed by atoms with Gasteiger partial charge in [-0.05, 0) is 36.8 Å². The zero-order valence-corrected chi connectivity index (χ0v) is 16.0. The number of hydrogen-bond acceptors (Lipinski definition) is 6. The van der Waals surface area contributed by atoms with Gasteiger partial charge in [-0.15, -0.1) is 0 Å². The van der Waals surface area contributed by atoms with E-state index in [0.29, 0.717) is 28.5 Å². The van der Waals surface area contributed by atoms with E-state index in [0.717, 1.165) is 5.56 Å². The van der Waals surface area contributed by atoms with E-state index < -0.39 is 5.92 Å². The minimum atomic E-state index is -0.634. The van der Waals surface area contributed by atoms with Gasteiger partial charge in [0.1, 0.15) is 28.9 Å². The van der Waals surface area contributed by atoms with Gasteiger partial charge in [-0.3, -0.25) is 4.79 Å². The third-order valence-electron chi connectivity index (χ3n) is 5.03. The van der Waals surface area contributed by atoms with Gasteiger partial charge in [0.05, 0.1) is 31.4 Å². The van der Waals surface area contributed by atoms with E-state index in [4.69, 9.17) is 19.6 Å². The summed E-state index contributed by atoms with van der Waals surface area (Å²) in [6, 6.07) is 14.7. The minimum absolute atomic E-state index is 0.00315. The van der Waals surface area contributed by atoms with Crippen LogP contribution in [-0.2, 0) is 6.54 Å². The predicted octanol–water partition coefficient (Wildman–Crippen LogP) is 3.02. The number of ether oxygens (including phenoxy) is 2. The quantitative estimate of drug-likeness (QED) is 0.736. The average Bonchev–Trinajstić information content (AvgIpc) is 3.23. The summed E-state index contributed by atoms with van der Waals surface area (Å²) in [6.45, 7) is 2.09. The number of hydrogen-bond donors (Lipinski definition) is 1. The largest absolute Gasteiger partial charge is 0.497 e. The lowest BCUT2D eigenvalue weighted by atomic mass is 9.84. The second-order valence-corrected chi connectivity index (χ2v) is 6.73. The summed E-state index contributed by atoms with van der Waals surface area (Å²) in [6.07, 6.45) is 1.56. The fraction of sp³-hybridized carbons (Fsp3) is 0.182. The monoisotopic (exact) mass is 389 g/mol. The minimum Gasteiger partial charge on any atom is -0.497 e. The first kappa shape index (κ1) is 18.4. The number of nitrogens with two attached hydrogens (primary N) is 1. The number of aromatic nitrogens is 1. The normalized spacial score (nSPS) is 15.4. The van der Waals surface area contributed by atoms with Crippen LogP contribution in [0.5, 0.6) is 11.5 Å². The molecule has 2 aromatic heterocycles. The zero-order chi connectivity index (χ0) is 20.5. The van der Waals surface area contributed by atoms with Crippen LogP contribution >= 0.6 is 0 Å². The molecule has 3 heterocycles. The number of benzene rings is 1. The highest BCUT2D eigenvalue weighted by molar-refractivity contribution is 5.55. The summed E-state index contributed by atoms with van der Waals surface area (Å²) in [5.41, 5.74) is 7.80. The van der Waals surface area contributed by atoms with Crippen LogP contribution in [0.4, 0.5) is 0 Å². The number of fused-ring (bicyclic) bond motifs is 1. The zero-order valence-electron chi connectivity index (χ0n) is 16.0. The van der Waals surface area contributed by atoms with Crippen LogP contribution in [-0.4, -0.2) is 11.7 Å². The van der Waals surface area contributed by atoms with Crippen molar-refractivity contribution >= 4 is 0 Å². The summed E-state index contributed by atoms with van der Waals surface area (Å²) < 4.78 is 17.9. The Balaban J connectivity index is 1.92. The van der Waals surface area contributed by atoms with Crippen molar-refractivity contribution in [3.8, 4) is 17.6 Å². The molecule has 0 bridgehead atoms. The Hall–Kier alpha value is -3.92. The summed E-state index contributed by atoms with van der Waals surface area (Å²) in [5, 5.41) is 9.73. The predicted molar refractivity (Wildman–Crippen MR) is 106 cm³/mol. The number of nitriles is 1. The van der Waals surface area contributed by atoms with E-state index in [2.05, 4.69) is 6.07 Å². The number of aryl methyl sites for hydroxylation is 1. The topological polar surface area (TPSA) is 103 Å². The molecule has 7 nitrogen and oxygen atoms in total. The summed E-state index contributed by atoms with van der Waals surface area (Å²) in [5.74, 6) is 1.06. The average molecular weight is 389 g/mol. The van der Waals surface area contributed by atoms with Crippen molar-refractivity contribution < 1.29 is 13.9 Å². The molecule has 146 valence electrons. The number of rotatable bonds is 4. The molecule has 1 aromatic carbocycles. The molecular formula is C22H19N3O4. The van der Waals surface area contributed by atoms with Crippen LogP contribution in [0.3, 0.4) is 0 Å². The Morgan fingerprint density at radius 3 is 2.66 bits per heavy atom. The second-order valence-electron chi connectivity index (χ2n) is 6.73. The van der Waals surface area contributed by atoms with Crippen molar-refractivity contribution in [3.05, 3.63) is 93.1 Å². The van der Waals surface area contributed by atoms with Crippen molar-refractivity contribution in [2.75, 3.05) is 7.11 Å². The van der Waals surface area contributed by atoms with Gasteiger partial charge in [0.25, 0.3) is 5.56 Å². The van der Waals surface area contributed by atoms with Gasteiger partial charge in [0.15, 0.2) is 0 Å². The lowest BCUT2D eigenvalue weighted by molar-refractivity contribution is 0.387. The van der Waals surface area contributed by atoms with Crippen molar-refractivity contribution in [2.24, 2.45) is 5.73 Å². The smallest absolute Gasteiger partial charge is 0.259 e. The van der Waals surface area contributed by atoms with Crippen molar-refractivity contribution in [1.82, 2.24) is 4.57 Å². The number of furan rings is 1. The number of nitrogens with zero attached hydrogens (tertiary/aromatic N) is 2. The van der Waals surface area contributed by atoms with E-state index >= 15 is 0 Å². The number of methoxy groups -OCH3 is 1. The van der Waals surface area contributed by atoms with E-state index in [9.17, 15) is 10.1 Å². The Morgan fingerprint density at radius 1 is 1.28 bits per heavy atom.